The topological polar surface area (TPSA) is 99.2 Å². The van der Waals surface area contributed by atoms with Crippen molar-refractivity contribution in [3.8, 4) is 22.7 Å². The summed E-state index contributed by atoms with van der Waals surface area (Å²) in [6.07, 6.45) is 0. The minimum atomic E-state index is -0.613. The summed E-state index contributed by atoms with van der Waals surface area (Å²) in [6, 6.07) is 17.2. The number of aromatic nitrogens is 2. The monoisotopic (exact) mass is 460 g/mol. The van der Waals surface area contributed by atoms with Gasteiger partial charge in [-0.3, -0.25) is 14.9 Å². The number of hydrogen-bond donors (Lipinski definition) is 2. The number of anilines is 1. The lowest BCUT2D eigenvalue weighted by molar-refractivity contribution is -0.119. The Morgan fingerprint density at radius 2 is 1.82 bits per heavy atom. The van der Waals surface area contributed by atoms with Crippen LogP contribution in [0.1, 0.15) is 27.3 Å². The van der Waals surface area contributed by atoms with Crippen LogP contribution in [0.4, 0.5) is 5.13 Å². The molecule has 2 heterocycles. The number of nitrogens with zero attached hydrogens (tertiary/aromatic N) is 2. The van der Waals surface area contributed by atoms with E-state index in [1.54, 1.807) is 24.3 Å². The van der Waals surface area contributed by atoms with Gasteiger partial charge in [0.15, 0.2) is 11.7 Å². The minimum Gasteiger partial charge on any atom is -0.483 e. The zero-order chi connectivity index (χ0) is 23.5. The highest BCUT2D eigenvalue weighted by Crippen LogP contribution is 2.32. The van der Waals surface area contributed by atoms with E-state index in [4.69, 9.17) is 10.5 Å². The molecule has 0 atom stereocenters. The summed E-state index contributed by atoms with van der Waals surface area (Å²) in [5.74, 6) is -0.702. The summed E-state index contributed by atoms with van der Waals surface area (Å²) in [5.41, 5.74) is 11.7. The van der Waals surface area contributed by atoms with Crippen LogP contribution in [0.3, 0.4) is 0 Å². The number of nitrogens with one attached hydrogen (secondary N) is 1. The van der Waals surface area contributed by atoms with Crippen molar-refractivity contribution in [2.75, 3.05) is 11.9 Å². The second-order valence-electron chi connectivity index (χ2n) is 7.70. The molecule has 2 amide bonds. The molecule has 0 aliphatic rings. The molecule has 0 aliphatic heterocycles. The smallest absolute Gasteiger partial charge is 0.261 e. The van der Waals surface area contributed by atoms with Crippen molar-refractivity contribution >= 4 is 28.3 Å². The molecule has 8 heteroatoms. The van der Waals surface area contributed by atoms with Gasteiger partial charge in [0.1, 0.15) is 5.75 Å². The number of carbonyl (C=O) groups excluding carboxylic acids is 2. The Morgan fingerprint density at radius 3 is 2.55 bits per heavy atom. The number of carbonyl (C=O) groups is 2. The second kappa shape index (κ2) is 9.30. The summed E-state index contributed by atoms with van der Waals surface area (Å²) in [7, 11) is 0. The molecule has 4 aromatic rings. The van der Waals surface area contributed by atoms with Gasteiger partial charge in [-0.15, -0.1) is 11.3 Å². The Labute approximate surface area is 195 Å². The van der Waals surface area contributed by atoms with Gasteiger partial charge in [0.2, 0.25) is 0 Å². The van der Waals surface area contributed by atoms with Gasteiger partial charge in [0.25, 0.3) is 11.8 Å². The normalized spacial score (nSPS) is 10.8. The third kappa shape index (κ3) is 4.80. The number of primary amides is 1. The van der Waals surface area contributed by atoms with Crippen LogP contribution in [0.25, 0.3) is 16.9 Å². The highest BCUT2D eigenvalue weighted by molar-refractivity contribution is 7.14. The molecule has 0 unspecified atom stereocenters. The van der Waals surface area contributed by atoms with Crippen molar-refractivity contribution < 1.29 is 14.3 Å². The van der Waals surface area contributed by atoms with E-state index in [0.29, 0.717) is 10.7 Å². The van der Waals surface area contributed by atoms with Crippen LogP contribution in [0.15, 0.2) is 60.0 Å². The molecule has 168 valence electrons. The molecule has 0 aliphatic carbocycles. The van der Waals surface area contributed by atoms with Crippen LogP contribution in [-0.2, 0) is 4.79 Å². The average Bonchev–Trinajstić information content (AvgIpc) is 3.36. The summed E-state index contributed by atoms with van der Waals surface area (Å²) in [5, 5.41) is 5.22. The quantitative estimate of drug-likeness (QED) is 0.420. The van der Waals surface area contributed by atoms with E-state index in [-0.39, 0.29) is 18.3 Å². The van der Waals surface area contributed by atoms with Gasteiger partial charge in [-0.1, -0.05) is 29.8 Å². The van der Waals surface area contributed by atoms with E-state index in [1.807, 2.05) is 5.38 Å². The van der Waals surface area contributed by atoms with Crippen molar-refractivity contribution in [1.82, 2.24) is 9.55 Å². The molecule has 2 aromatic carbocycles. The van der Waals surface area contributed by atoms with Gasteiger partial charge in [-0.25, -0.2) is 4.98 Å². The third-order valence-corrected chi connectivity index (χ3v) is 5.98. The summed E-state index contributed by atoms with van der Waals surface area (Å²) >= 11 is 1.35. The van der Waals surface area contributed by atoms with Crippen LogP contribution >= 0.6 is 11.3 Å². The van der Waals surface area contributed by atoms with Crippen LogP contribution in [0, 0.1) is 20.8 Å². The van der Waals surface area contributed by atoms with E-state index in [9.17, 15) is 9.59 Å². The van der Waals surface area contributed by atoms with Gasteiger partial charge in [-0.2, -0.15) is 0 Å². The Kier molecular flexibility index (Phi) is 6.28. The lowest BCUT2D eigenvalue weighted by atomic mass is 10.2. The average molecular weight is 461 g/mol. The number of amides is 2. The van der Waals surface area contributed by atoms with Gasteiger partial charge in [-0.05, 0) is 51.1 Å². The fourth-order valence-corrected chi connectivity index (χ4v) is 4.37. The predicted octanol–water partition coefficient (Wildman–Crippen LogP) is 4.64. The van der Waals surface area contributed by atoms with Gasteiger partial charge in [0, 0.05) is 28.0 Å². The fraction of sp³-hybridized carbons (Fsp3) is 0.160. The first-order valence-electron chi connectivity index (χ1n) is 10.4. The Balaban J connectivity index is 1.56. The second-order valence-corrected chi connectivity index (χ2v) is 8.56. The lowest BCUT2D eigenvalue weighted by Gasteiger charge is -2.10. The predicted molar refractivity (Wildman–Crippen MR) is 130 cm³/mol. The maximum absolute atomic E-state index is 12.8. The van der Waals surface area contributed by atoms with Crippen LogP contribution in [0.2, 0.25) is 0 Å². The maximum Gasteiger partial charge on any atom is 0.261 e. The molecule has 0 fully saturated rings. The summed E-state index contributed by atoms with van der Waals surface area (Å²) in [4.78, 5) is 28.5. The number of nitrogens with two attached hydrogens (primary N) is 1. The molecule has 0 saturated carbocycles. The van der Waals surface area contributed by atoms with Crippen molar-refractivity contribution in [3.05, 3.63) is 82.5 Å². The van der Waals surface area contributed by atoms with Crippen molar-refractivity contribution in [3.63, 3.8) is 0 Å². The number of aryl methyl sites for hydroxylation is 2. The first-order chi connectivity index (χ1) is 15.8. The Bertz CT molecular complexity index is 1320. The Hall–Kier alpha value is -3.91. The van der Waals surface area contributed by atoms with Gasteiger partial charge in [0.05, 0.1) is 11.3 Å². The maximum atomic E-state index is 12.8. The number of thiazole rings is 1. The van der Waals surface area contributed by atoms with Crippen molar-refractivity contribution in [2.24, 2.45) is 5.73 Å². The molecule has 2 aromatic heterocycles. The largest absolute Gasteiger partial charge is 0.483 e. The van der Waals surface area contributed by atoms with E-state index >= 15 is 0 Å². The number of benzene rings is 2. The standard InChI is InChI=1S/C25H24N4O3S/c1-15-8-10-18(11-9-15)29-16(2)12-20(17(29)3)21-14-33-25(27-21)28-24(31)19-6-4-5-7-22(19)32-13-23(26)30/h4-12,14H,13H2,1-3H3,(H2,26,30)(H,27,28,31). The molecule has 0 radical (unpaired) electrons. The number of ether oxygens (including phenoxy) is 1. The molecule has 3 N–H and O–H groups in total. The Morgan fingerprint density at radius 1 is 1.09 bits per heavy atom. The molecular weight excluding hydrogens is 436 g/mol. The van der Waals surface area contributed by atoms with Gasteiger partial charge >= 0.3 is 0 Å². The summed E-state index contributed by atoms with van der Waals surface area (Å²) in [6.45, 7) is 5.89. The van der Waals surface area contributed by atoms with Gasteiger partial charge < -0.3 is 15.0 Å². The van der Waals surface area contributed by atoms with E-state index in [0.717, 1.165) is 28.3 Å². The third-order valence-electron chi connectivity index (χ3n) is 5.23. The van der Waals surface area contributed by atoms with E-state index in [1.165, 1.54) is 16.9 Å². The first kappa shape index (κ1) is 22.3. The molecule has 0 saturated heterocycles. The zero-order valence-corrected chi connectivity index (χ0v) is 19.4. The van der Waals surface area contributed by atoms with Crippen LogP contribution in [-0.4, -0.2) is 28.0 Å². The van der Waals surface area contributed by atoms with E-state index < -0.39 is 5.91 Å². The highest BCUT2D eigenvalue weighted by atomic mass is 32.1. The molecule has 4 rings (SSSR count). The van der Waals surface area contributed by atoms with Crippen LogP contribution in [0.5, 0.6) is 5.75 Å². The molecule has 0 spiro atoms. The molecular formula is C25H24N4O3S. The number of hydrogen-bond acceptors (Lipinski definition) is 5. The number of para-hydroxylation sites is 1. The van der Waals surface area contributed by atoms with Crippen molar-refractivity contribution in [2.45, 2.75) is 20.8 Å². The number of rotatable bonds is 7. The highest BCUT2D eigenvalue weighted by Gasteiger charge is 2.18. The van der Waals surface area contributed by atoms with E-state index in [2.05, 4.69) is 66.0 Å². The first-order valence-corrected chi connectivity index (χ1v) is 11.2. The summed E-state index contributed by atoms with van der Waals surface area (Å²) < 4.78 is 7.55. The fourth-order valence-electron chi connectivity index (χ4n) is 3.66. The molecule has 0 bridgehead atoms. The molecule has 33 heavy (non-hydrogen) atoms. The minimum absolute atomic E-state index is 0.284. The van der Waals surface area contributed by atoms with Crippen molar-refractivity contribution in [1.29, 1.82) is 0 Å². The SMILES string of the molecule is Cc1ccc(-n2c(C)cc(-c3csc(NC(=O)c4ccccc4OCC(N)=O)n3)c2C)cc1. The molecule has 7 nitrogen and oxygen atoms in total. The lowest BCUT2D eigenvalue weighted by Crippen LogP contribution is -2.21. The van der Waals surface area contributed by atoms with Crippen LogP contribution < -0.4 is 15.8 Å². The zero-order valence-electron chi connectivity index (χ0n) is 18.6.